The van der Waals surface area contributed by atoms with Gasteiger partial charge in [0.05, 0.1) is 27.7 Å². The number of benzene rings is 3. The molecule has 12 heteroatoms. The van der Waals surface area contributed by atoms with E-state index in [1.54, 1.807) is 0 Å². The fraction of sp³-hybridized carbons (Fsp3) is 0.194. The summed E-state index contributed by atoms with van der Waals surface area (Å²) in [6.45, 7) is 1.71. The molecule has 0 radical (unpaired) electrons. The minimum absolute atomic E-state index is 0.0275. The molecule has 0 amide bonds. The number of hydrogen-bond acceptors (Lipinski definition) is 5. The zero-order valence-electron chi connectivity index (χ0n) is 22.5. The minimum Gasteiger partial charge on any atom is -0.473 e. The van der Waals surface area contributed by atoms with Gasteiger partial charge in [-0.2, -0.15) is 26.3 Å². The molecule has 3 aromatic carbocycles. The van der Waals surface area contributed by atoms with Crippen LogP contribution < -0.4 is 9.64 Å². The normalized spacial score (nSPS) is 12.0. The maximum Gasteiger partial charge on any atom is 0.416 e. The number of fused-ring (bicyclic) bond motifs is 1. The van der Waals surface area contributed by atoms with Crippen LogP contribution in [0.3, 0.4) is 0 Å². The Labute approximate surface area is 251 Å². The summed E-state index contributed by atoms with van der Waals surface area (Å²) in [5.41, 5.74) is 0.0247. The topological polar surface area (TPSA) is 51.1 Å². The third-order valence-electron chi connectivity index (χ3n) is 6.58. The molecule has 43 heavy (non-hydrogen) atoms. The summed E-state index contributed by atoms with van der Waals surface area (Å²) in [7, 11) is 0. The second-order valence-electron chi connectivity index (χ2n) is 9.85. The van der Waals surface area contributed by atoms with Gasteiger partial charge < -0.3 is 9.64 Å². The molecule has 0 aliphatic rings. The smallest absolute Gasteiger partial charge is 0.416 e. The van der Waals surface area contributed by atoms with Crippen LogP contribution in [0, 0.1) is 6.92 Å². The predicted molar refractivity (Wildman–Crippen MR) is 153 cm³/mol. The summed E-state index contributed by atoms with van der Waals surface area (Å²) in [4.78, 5) is 14.8. The number of alkyl halides is 6. The van der Waals surface area contributed by atoms with Crippen molar-refractivity contribution in [1.82, 2.24) is 15.0 Å². The van der Waals surface area contributed by atoms with E-state index in [0.29, 0.717) is 27.7 Å². The number of ether oxygens (including phenoxy) is 1. The average molecular weight is 661 g/mol. The average Bonchev–Trinajstić information content (AvgIpc) is 2.96. The van der Waals surface area contributed by atoms with Crippen LogP contribution in [0.5, 0.6) is 5.88 Å². The van der Waals surface area contributed by atoms with E-state index in [0.717, 1.165) is 16.5 Å². The molecular formula is C31H23BrF6N4O. The summed E-state index contributed by atoms with van der Waals surface area (Å²) in [6, 6.07) is 18.4. The van der Waals surface area contributed by atoms with Crippen LogP contribution in [-0.2, 0) is 32.0 Å². The molecule has 0 unspecified atom stereocenters. The Morgan fingerprint density at radius 3 is 2.05 bits per heavy atom. The monoisotopic (exact) mass is 660 g/mol. The van der Waals surface area contributed by atoms with Crippen molar-refractivity contribution >= 4 is 32.8 Å². The number of halogens is 7. The van der Waals surface area contributed by atoms with Gasteiger partial charge in [0, 0.05) is 29.9 Å². The van der Waals surface area contributed by atoms with Crippen molar-refractivity contribution in [3.05, 3.63) is 123 Å². The second kappa shape index (κ2) is 12.2. The number of pyridine rings is 1. The molecule has 0 N–H and O–H groups in total. The first kappa shape index (κ1) is 30.3. The molecule has 0 saturated heterocycles. The Morgan fingerprint density at radius 1 is 0.767 bits per heavy atom. The molecule has 0 aliphatic carbocycles. The fourth-order valence-electron chi connectivity index (χ4n) is 4.54. The van der Waals surface area contributed by atoms with Crippen molar-refractivity contribution < 1.29 is 31.1 Å². The molecule has 0 fully saturated rings. The Bertz CT molecular complexity index is 1700. The van der Waals surface area contributed by atoms with Gasteiger partial charge in [-0.15, -0.1) is 0 Å². The van der Waals surface area contributed by atoms with Crippen LogP contribution >= 0.6 is 15.9 Å². The maximum absolute atomic E-state index is 13.6. The number of aromatic nitrogens is 3. The number of aryl methyl sites for hydroxylation is 1. The SMILES string of the molecule is Cc1cccc2cc(CN(Cc3cc(C(F)(F)F)cc(C(F)(F)F)c3)c3ncc(Br)cn3)c(OCc3ccccc3)nc12. The van der Waals surface area contributed by atoms with Gasteiger partial charge in [0.15, 0.2) is 0 Å². The molecule has 2 aromatic heterocycles. The number of anilines is 1. The highest BCUT2D eigenvalue weighted by molar-refractivity contribution is 9.10. The van der Waals surface area contributed by atoms with Gasteiger partial charge >= 0.3 is 12.4 Å². The zero-order valence-corrected chi connectivity index (χ0v) is 24.1. The van der Waals surface area contributed by atoms with Gasteiger partial charge in [-0.05, 0) is 63.8 Å². The molecule has 0 spiro atoms. The third-order valence-corrected chi connectivity index (χ3v) is 6.99. The number of nitrogens with zero attached hydrogens (tertiary/aromatic N) is 4. The number of rotatable bonds is 8. The van der Waals surface area contributed by atoms with E-state index in [9.17, 15) is 26.3 Å². The van der Waals surface area contributed by atoms with E-state index in [1.807, 2.05) is 61.5 Å². The first-order chi connectivity index (χ1) is 20.4. The van der Waals surface area contributed by atoms with Gasteiger partial charge in [-0.3, -0.25) is 0 Å². The second-order valence-corrected chi connectivity index (χ2v) is 10.8. The summed E-state index contributed by atoms with van der Waals surface area (Å²) in [5.74, 6) is 0.361. The first-order valence-corrected chi connectivity index (χ1v) is 13.7. The number of para-hydroxylation sites is 1. The van der Waals surface area contributed by atoms with Gasteiger partial charge in [-0.1, -0.05) is 48.5 Å². The van der Waals surface area contributed by atoms with Crippen LogP contribution in [0.1, 0.15) is 33.4 Å². The summed E-state index contributed by atoms with van der Waals surface area (Å²) >= 11 is 3.26. The standard InChI is InChI=1S/C31H23BrF6N4O/c1-19-6-5-9-22-12-23(28(41-27(19)22)43-18-20-7-3-2-4-8-20)17-42(29-39-14-26(32)15-40-29)16-21-10-24(30(33,34)35)13-25(11-21)31(36,37)38/h2-15H,16-18H2,1H3. The lowest BCUT2D eigenvalue weighted by Crippen LogP contribution is -2.25. The van der Waals surface area contributed by atoms with Gasteiger partial charge in [0.25, 0.3) is 0 Å². The van der Waals surface area contributed by atoms with Gasteiger partial charge in [0.2, 0.25) is 11.8 Å². The molecular weight excluding hydrogens is 638 g/mol. The zero-order chi connectivity index (χ0) is 30.8. The van der Waals surface area contributed by atoms with Crippen LogP contribution in [0.2, 0.25) is 0 Å². The van der Waals surface area contributed by atoms with E-state index in [1.165, 1.54) is 17.3 Å². The van der Waals surface area contributed by atoms with Crippen molar-refractivity contribution in [3.8, 4) is 5.88 Å². The molecule has 5 aromatic rings. The lowest BCUT2D eigenvalue weighted by atomic mass is 10.0. The van der Waals surface area contributed by atoms with Crippen LogP contribution in [0.4, 0.5) is 32.3 Å². The molecule has 0 bridgehead atoms. The van der Waals surface area contributed by atoms with Crippen molar-refractivity contribution in [3.63, 3.8) is 0 Å². The highest BCUT2D eigenvalue weighted by atomic mass is 79.9. The lowest BCUT2D eigenvalue weighted by molar-refractivity contribution is -0.143. The summed E-state index contributed by atoms with van der Waals surface area (Å²) in [6.07, 6.45) is -7.07. The molecule has 0 saturated carbocycles. The number of hydrogen-bond donors (Lipinski definition) is 0. The highest BCUT2D eigenvalue weighted by Crippen LogP contribution is 2.37. The molecule has 5 nitrogen and oxygen atoms in total. The van der Waals surface area contributed by atoms with Gasteiger partial charge in [0.1, 0.15) is 6.61 Å². The first-order valence-electron chi connectivity index (χ1n) is 12.9. The maximum atomic E-state index is 13.6. The summed E-state index contributed by atoms with van der Waals surface area (Å²) in [5, 5.41) is 0.789. The van der Waals surface area contributed by atoms with Crippen LogP contribution in [0.15, 0.2) is 89.7 Å². The molecule has 222 valence electrons. The fourth-order valence-corrected chi connectivity index (χ4v) is 4.75. The van der Waals surface area contributed by atoms with Crippen molar-refractivity contribution in [2.45, 2.75) is 39.0 Å². The van der Waals surface area contributed by atoms with Crippen LogP contribution in [-0.4, -0.2) is 15.0 Å². The van der Waals surface area contributed by atoms with Crippen molar-refractivity contribution in [2.24, 2.45) is 0 Å². The quantitative estimate of drug-likeness (QED) is 0.156. The van der Waals surface area contributed by atoms with E-state index >= 15 is 0 Å². The Hall–Kier alpha value is -4.19. The van der Waals surface area contributed by atoms with E-state index in [-0.39, 0.29) is 43.2 Å². The largest absolute Gasteiger partial charge is 0.473 e. The van der Waals surface area contributed by atoms with Crippen LogP contribution in [0.25, 0.3) is 10.9 Å². The molecule has 0 atom stereocenters. The molecule has 2 heterocycles. The van der Waals surface area contributed by atoms with Crippen molar-refractivity contribution in [2.75, 3.05) is 4.90 Å². The summed E-state index contributed by atoms with van der Waals surface area (Å²) < 4.78 is 88.3. The van der Waals surface area contributed by atoms with E-state index in [2.05, 4.69) is 25.9 Å². The third kappa shape index (κ3) is 7.42. The molecule has 5 rings (SSSR count). The predicted octanol–water partition coefficient (Wildman–Crippen LogP) is 8.92. The molecule has 0 aliphatic heterocycles. The van der Waals surface area contributed by atoms with E-state index < -0.39 is 23.5 Å². The Morgan fingerprint density at radius 2 is 1.42 bits per heavy atom. The minimum atomic E-state index is -4.98. The Kier molecular flexibility index (Phi) is 8.59. The lowest BCUT2D eigenvalue weighted by Gasteiger charge is -2.25. The van der Waals surface area contributed by atoms with Crippen molar-refractivity contribution in [1.29, 1.82) is 0 Å². The Balaban J connectivity index is 1.58. The van der Waals surface area contributed by atoms with E-state index in [4.69, 9.17) is 9.72 Å². The van der Waals surface area contributed by atoms with Gasteiger partial charge in [-0.25, -0.2) is 15.0 Å². The highest BCUT2D eigenvalue weighted by Gasteiger charge is 2.37.